The van der Waals surface area contributed by atoms with Gasteiger partial charge in [-0.05, 0) is 38.0 Å². The number of nitrogens with two attached hydrogens (primary N) is 1. The Kier molecular flexibility index (Phi) is 9.70. The lowest BCUT2D eigenvalue weighted by Crippen LogP contribution is -2.59. The standard InChI is InChI=1S/C20H36N4O6/c1-10(2)9-13(20(29)30)22-17(26)14-7-6-8-24(14)19(28)16(11(3)4)23-18(27)15(21)12(5)25/h10-16,25H,6-9,21H2,1-5H3,(H,22,26)(H,23,27)(H,29,30). The van der Waals surface area contributed by atoms with Gasteiger partial charge < -0.3 is 31.5 Å². The van der Waals surface area contributed by atoms with Crippen molar-refractivity contribution in [2.24, 2.45) is 17.6 Å². The van der Waals surface area contributed by atoms with Gasteiger partial charge in [-0.25, -0.2) is 4.79 Å². The van der Waals surface area contributed by atoms with Crippen molar-refractivity contribution in [1.82, 2.24) is 15.5 Å². The van der Waals surface area contributed by atoms with Crippen molar-refractivity contribution in [3.63, 3.8) is 0 Å². The molecule has 1 aliphatic heterocycles. The molecule has 30 heavy (non-hydrogen) atoms. The number of carbonyl (C=O) groups excluding carboxylic acids is 3. The number of hydrogen-bond acceptors (Lipinski definition) is 6. The smallest absolute Gasteiger partial charge is 0.326 e. The van der Waals surface area contributed by atoms with E-state index in [2.05, 4.69) is 10.6 Å². The van der Waals surface area contributed by atoms with Gasteiger partial charge >= 0.3 is 5.97 Å². The summed E-state index contributed by atoms with van der Waals surface area (Å²) < 4.78 is 0. The molecule has 5 unspecified atom stereocenters. The van der Waals surface area contributed by atoms with Gasteiger partial charge in [-0.2, -0.15) is 0 Å². The number of carboxylic acids is 1. The van der Waals surface area contributed by atoms with E-state index in [9.17, 15) is 29.4 Å². The van der Waals surface area contributed by atoms with E-state index >= 15 is 0 Å². The van der Waals surface area contributed by atoms with E-state index in [1.807, 2.05) is 13.8 Å². The number of aliphatic carboxylic acids is 1. The molecule has 0 spiro atoms. The highest BCUT2D eigenvalue weighted by Gasteiger charge is 2.40. The molecule has 1 rings (SSSR count). The van der Waals surface area contributed by atoms with E-state index in [1.165, 1.54) is 11.8 Å². The third kappa shape index (κ3) is 6.94. The Morgan fingerprint density at radius 2 is 1.70 bits per heavy atom. The van der Waals surface area contributed by atoms with Crippen LogP contribution in [0.1, 0.15) is 53.9 Å². The van der Waals surface area contributed by atoms with Crippen LogP contribution in [-0.2, 0) is 19.2 Å². The molecule has 10 nitrogen and oxygen atoms in total. The minimum Gasteiger partial charge on any atom is -0.480 e. The lowest BCUT2D eigenvalue weighted by Gasteiger charge is -2.31. The summed E-state index contributed by atoms with van der Waals surface area (Å²) >= 11 is 0. The van der Waals surface area contributed by atoms with Crippen LogP contribution in [0.2, 0.25) is 0 Å². The summed E-state index contributed by atoms with van der Waals surface area (Å²) in [5.41, 5.74) is 5.65. The van der Waals surface area contributed by atoms with Crippen LogP contribution in [0.5, 0.6) is 0 Å². The van der Waals surface area contributed by atoms with E-state index in [0.29, 0.717) is 19.4 Å². The average Bonchev–Trinajstić information content (AvgIpc) is 3.13. The van der Waals surface area contributed by atoms with E-state index in [-0.39, 0.29) is 18.3 Å². The highest BCUT2D eigenvalue weighted by molar-refractivity contribution is 5.94. The number of amides is 3. The molecule has 1 heterocycles. The van der Waals surface area contributed by atoms with Gasteiger partial charge in [0.15, 0.2) is 0 Å². The third-order valence-electron chi connectivity index (χ3n) is 5.21. The minimum atomic E-state index is -1.18. The van der Waals surface area contributed by atoms with Crippen molar-refractivity contribution >= 4 is 23.7 Å². The summed E-state index contributed by atoms with van der Waals surface area (Å²) in [6.07, 6.45) is 0.214. The second-order valence-corrected chi connectivity index (χ2v) is 8.72. The zero-order valence-electron chi connectivity index (χ0n) is 18.4. The number of rotatable bonds is 10. The van der Waals surface area contributed by atoms with Gasteiger partial charge in [0.25, 0.3) is 0 Å². The first-order chi connectivity index (χ1) is 13.9. The van der Waals surface area contributed by atoms with Crippen molar-refractivity contribution in [3.05, 3.63) is 0 Å². The molecule has 1 aliphatic rings. The monoisotopic (exact) mass is 428 g/mol. The van der Waals surface area contributed by atoms with Crippen molar-refractivity contribution < 1.29 is 29.4 Å². The Bertz CT molecular complexity index is 637. The molecule has 1 saturated heterocycles. The Morgan fingerprint density at radius 3 is 2.17 bits per heavy atom. The number of nitrogens with one attached hydrogen (secondary N) is 2. The second-order valence-electron chi connectivity index (χ2n) is 8.72. The first-order valence-electron chi connectivity index (χ1n) is 10.4. The number of carbonyl (C=O) groups is 4. The highest BCUT2D eigenvalue weighted by atomic mass is 16.4. The van der Waals surface area contributed by atoms with Gasteiger partial charge in [0, 0.05) is 6.54 Å². The first-order valence-corrected chi connectivity index (χ1v) is 10.4. The Labute approximate surface area is 177 Å². The normalized spacial score (nSPS) is 20.6. The molecular weight excluding hydrogens is 392 g/mol. The van der Waals surface area contributed by atoms with Crippen LogP contribution in [0.25, 0.3) is 0 Å². The molecule has 0 radical (unpaired) electrons. The van der Waals surface area contributed by atoms with Gasteiger partial charge in [0.2, 0.25) is 17.7 Å². The van der Waals surface area contributed by atoms with Gasteiger partial charge in [0.1, 0.15) is 24.2 Å². The summed E-state index contributed by atoms with van der Waals surface area (Å²) in [6.45, 7) is 8.95. The van der Waals surface area contributed by atoms with E-state index < -0.39 is 54.0 Å². The molecule has 10 heteroatoms. The first kappa shape index (κ1) is 25.8. The predicted molar refractivity (Wildman–Crippen MR) is 110 cm³/mol. The molecule has 0 aromatic rings. The van der Waals surface area contributed by atoms with Crippen LogP contribution in [-0.4, -0.2) is 75.6 Å². The van der Waals surface area contributed by atoms with Crippen LogP contribution in [0.3, 0.4) is 0 Å². The van der Waals surface area contributed by atoms with Crippen LogP contribution in [0.15, 0.2) is 0 Å². The van der Waals surface area contributed by atoms with Gasteiger partial charge in [0.05, 0.1) is 6.10 Å². The maximum atomic E-state index is 13.1. The SMILES string of the molecule is CC(C)CC(NC(=O)C1CCCN1C(=O)C(NC(=O)C(N)C(C)O)C(C)C)C(=O)O. The maximum absolute atomic E-state index is 13.1. The second kappa shape index (κ2) is 11.3. The van der Waals surface area contributed by atoms with E-state index in [1.54, 1.807) is 13.8 Å². The summed E-state index contributed by atoms with van der Waals surface area (Å²) in [4.78, 5) is 51.0. The topological polar surface area (TPSA) is 162 Å². The molecule has 172 valence electrons. The van der Waals surface area contributed by atoms with Gasteiger partial charge in [-0.15, -0.1) is 0 Å². The summed E-state index contributed by atoms with van der Waals surface area (Å²) in [6, 6.07) is -3.92. The van der Waals surface area contributed by atoms with Crippen molar-refractivity contribution in [1.29, 1.82) is 0 Å². The van der Waals surface area contributed by atoms with Crippen LogP contribution < -0.4 is 16.4 Å². The average molecular weight is 429 g/mol. The fourth-order valence-corrected chi connectivity index (χ4v) is 3.42. The fraction of sp³-hybridized carbons (Fsp3) is 0.800. The Morgan fingerprint density at radius 1 is 1.10 bits per heavy atom. The Balaban J connectivity index is 2.93. The third-order valence-corrected chi connectivity index (χ3v) is 5.21. The predicted octanol–water partition coefficient (Wildman–Crippen LogP) is -0.558. The number of carboxylic acid groups (broad SMARTS) is 1. The fourth-order valence-electron chi connectivity index (χ4n) is 3.42. The number of aliphatic hydroxyl groups excluding tert-OH is 1. The molecule has 5 atom stereocenters. The molecule has 1 fully saturated rings. The van der Waals surface area contributed by atoms with Crippen LogP contribution in [0, 0.1) is 11.8 Å². The number of hydrogen-bond donors (Lipinski definition) is 5. The number of likely N-dealkylation sites (tertiary alicyclic amines) is 1. The zero-order valence-corrected chi connectivity index (χ0v) is 18.4. The number of nitrogens with zero attached hydrogens (tertiary/aromatic N) is 1. The van der Waals surface area contributed by atoms with Crippen molar-refractivity contribution in [3.8, 4) is 0 Å². The van der Waals surface area contributed by atoms with Gasteiger partial charge in [-0.3, -0.25) is 14.4 Å². The lowest BCUT2D eigenvalue weighted by molar-refractivity contribution is -0.145. The van der Waals surface area contributed by atoms with Crippen LogP contribution >= 0.6 is 0 Å². The molecule has 0 aliphatic carbocycles. The summed E-state index contributed by atoms with van der Waals surface area (Å²) in [7, 11) is 0. The number of aliphatic hydroxyl groups is 1. The largest absolute Gasteiger partial charge is 0.480 e. The maximum Gasteiger partial charge on any atom is 0.326 e. The molecule has 0 aromatic carbocycles. The molecule has 0 bridgehead atoms. The van der Waals surface area contributed by atoms with Gasteiger partial charge in [-0.1, -0.05) is 27.7 Å². The van der Waals surface area contributed by atoms with Crippen LogP contribution in [0.4, 0.5) is 0 Å². The molecule has 3 amide bonds. The van der Waals surface area contributed by atoms with Crippen molar-refractivity contribution in [2.45, 2.75) is 84.2 Å². The summed E-state index contributed by atoms with van der Waals surface area (Å²) in [5.74, 6) is -2.91. The highest BCUT2D eigenvalue weighted by Crippen LogP contribution is 2.21. The Hall–Kier alpha value is -2.20. The zero-order chi connectivity index (χ0) is 23.2. The molecule has 0 aromatic heterocycles. The molecule has 0 saturated carbocycles. The molecule has 6 N–H and O–H groups in total. The minimum absolute atomic E-state index is 0.0753. The van der Waals surface area contributed by atoms with E-state index in [0.717, 1.165) is 0 Å². The lowest BCUT2D eigenvalue weighted by atomic mass is 10.0. The molecular formula is C20H36N4O6. The van der Waals surface area contributed by atoms with Crippen molar-refractivity contribution in [2.75, 3.05) is 6.54 Å². The summed E-state index contributed by atoms with van der Waals surface area (Å²) in [5, 5.41) is 24.0. The van der Waals surface area contributed by atoms with E-state index in [4.69, 9.17) is 5.73 Å². The quantitative estimate of drug-likeness (QED) is 0.311.